The molecule has 0 aromatic carbocycles. The normalized spacial score (nSPS) is 13.9. The van der Waals surface area contributed by atoms with Gasteiger partial charge in [0.15, 0.2) is 0 Å². The predicted octanol–water partition coefficient (Wildman–Crippen LogP) is 1.45. The number of sulfonamides is 1. The van der Waals surface area contributed by atoms with Gasteiger partial charge < -0.3 is 0 Å². The van der Waals surface area contributed by atoms with Crippen LogP contribution in [0.1, 0.15) is 20.3 Å². The van der Waals surface area contributed by atoms with Gasteiger partial charge in [0.1, 0.15) is 0 Å². The molecule has 0 unspecified atom stereocenters. The highest BCUT2D eigenvalue weighted by Crippen LogP contribution is 2.00. The van der Waals surface area contributed by atoms with Crippen molar-refractivity contribution >= 4 is 10.0 Å². The van der Waals surface area contributed by atoms with Crippen LogP contribution < -0.4 is 4.72 Å². The summed E-state index contributed by atoms with van der Waals surface area (Å²) in [5.41, 5.74) is 1.20. The molecule has 0 spiro atoms. The molecule has 0 rings (SSSR count). The van der Waals surface area contributed by atoms with Crippen molar-refractivity contribution in [1.82, 2.24) is 4.72 Å². The van der Waals surface area contributed by atoms with Crippen molar-refractivity contribution in [2.45, 2.75) is 20.3 Å². The smallest absolute Gasteiger partial charge is 0.208 e. The minimum Gasteiger partial charge on any atom is -0.213 e. The lowest BCUT2D eigenvalue weighted by Gasteiger charge is -1.97. The van der Waals surface area contributed by atoms with E-state index >= 15 is 0 Å². The van der Waals surface area contributed by atoms with E-state index in [0.717, 1.165) is 12.7 Å². The Morgan fingerprint density at radius 3 is 2.46 bits per heavy atom. The molecular weight excluding hydrogens is 186 g/mol. The molecule has 13 heavy (non-hydrogen) atoms. The lowest BCUT2D eigenvalue weighted by Crippen LogP contribution is -2.21. The first-order valence-corrected chi connectivity index (χ1v) is 6.15. The maximum atomic E-state index is 10.7. The second kappa shape index (κ2) is 5.94. The highest BCUT2D eigenvalue weighted by molar-refractivity contribution is 7.88. The largest absolute Gasteiger partial charge is 0.213 e. The van der Waals surface area contributed by atoms with E-state index in [4.69, 9.17) is 0 Å². The Labute approximate surface area is 80.6 Å². The van der Waals surface area contributed by atoms with Crippen LogP contribution in [0.3, 0.4) is 0 Å². The number of rotatable bonds is 5. The van der Waals surface area contributed by atoms with E-state index in [1.165, 1.54) is 5.57 Å². The first-order chi connectivity index (χ1) is 5.99. The van der Waals surface area contributed by atoms with Crippen LogP contribution in [0.5, 0.6) is 0 Å². The SMILES string of the molecule is C/C=C(/C=C\CNS(C)(=O)=O)CC. The molecule has 0 heterocycles. The van der Waals surface area contributed by atoms with Gasteiger partial charge in [-0.2, -0.15) is 0 Å². The molecule has 0 saturated heterocycles. The predicted molar refractivity (Wildman–Crippen MR) is 56.0 cm³/mol. The molecule has 0 aliphatic heterocycles. The summed E-state index contributed by atoms with van der Waals surface area (Å²) in [5.74, 6) is 0. The van der Waals surface area contributed by atoms with Crippen LogP contribution >= 0.6 is 0 Å². The molecule has 0 radical (unpaired) electrons. The quantitative estimate of drug-likeness (QED) is 0.687. The zero-order valence-electron chi connectivity index (χ0n) is 8.37. The Morgan fingerprint density at radius 1 is 1.46 bits per heavy atom. The fourth-order valence-corrected chi connectivity index (χ4v) is 1.23. The molecule has 0 saturated carbocycles. The number of nitrogens with one attached hydrogen (secondary N) is 1. The molecule has 0 amide bonds. The van der Waals surface area contributed by atoms with Crippen LogP contribution in [-0.2, 0) is 10.0 Å². The van der Waals surface area contributed by atoms with Crippen molar-refractivity contribution in [3.05, 3.63) is 23.8 Å². The fourth-order valence-electron chi connectivity index (χ4n) is 0.828. The zero-order valence-corrected chi connectivity index (χ0v) is 9.19. The average molecular weight is 203 g/mol. The second-order valence-electron chi connectivity index (χ2n) is 2.74. The van der Waals surface area contributed by atoms with Gasteiger partial charge in [0.25, 0.3) is 0 Å². The van der Waals surface area contributed by atoms with Gasteiger partial charge in [-0.15, -0.1) is 0 Å². The van der Waals surface area contributed by atoms with Gasteiger partial charge in [-0.05, 0) is 13.3 Å². The second-order valence-corrected chi connectivity index (χ2v) is 4.57. The van der Waals surface area contributed by atoms with Gasteiger partial charge >= 0.3 is 0 Å². The van der Waals surface area contributed by atoms with Crippen molar-refractivity contribution in [2.24, 2.45) is 0 Å². The summed E-state index contributed by atoms with van der Waals surface area (Å²) < 4.78 is 23.7. The van der Waals surface area contributed by atoms with Crippen LogP contribution in [0, 0.1) is 0 Å². The van der Waals surface area contributed by atoms with Gasteiger partial charge in [-0.25, -0.2) is 13.1 Å². The zero-order chi connectivity index (χ0) is 10.3. The Bertz CT molecular complexity index is 289. The molecule has 0 aromatic heterocycles. The Hall–Kier alpha value is -0.610. The fraction of sp³-hybridized carbons (Fsp3) is 0.556. The van der Waals surface area contributed by atoms with Gasteiger partial charge in [-0.3, -0.25) is 0 Å². The van der Waals surface area contributed by atoms with Crippen molar-refractivity contribution in [2.75, 3.05) is 12.8 Å². The highest BCUT2D eigenvalue weighted by Gasteiger charge is 1.95. The first kappa shape index (κ1) is 12.4. The standard InChI is InChI=1S/C9H17NO2S/c1-4-9(5-2)7-6-8-10-13(3,11)12/h4,6-7,10H,5,8H2,1-3H3/b7-6-,9-4+. The van der Waals surface area contributed by atoms with E-state index in [0.29, 0.717) is 6.54 Å². The van der Waals surface area contributed by atoms with E-state index in [1.54, 1.807) is 6.08 Å². The molecule has 0 aliphatic rings. The molecule has 76 valence electrons. The first-order valence-electron chi connectivity index (χ1n) is 4.26. The molecule has 0 aromatic rings. The highest BCUT2D eigenvalue weighted by atomic mass is 32.2. The monoisotopic (exact) mass is 203 g/mol. The molecule has 4 heteroatoms. The topological polar surface area (TPSA) is 46.2 Å². The Morgan fingerprint density at radius 2 is 2.08 bits per heavy atom. The molecule has 0 atom stereocenters. The number of hydrogen-bond donors (Lipinski definition) is 1. The third-order valence-electron chi connectivity index (χ3n) is 1.57. The van der Waals surface area contributed by atoms with Crippen LogP contribution in [-0.4, -0.2) is 21.2 Å². The van der Waals surface area contributed by atoms with Crippen LogP contribution in [0.15, 0.2) is 23.8 Å². The maximum absolute atomic E-state index is 10.7. The van der Waals surface area contributed by atoms with Crippen molar-refractivity contribution in [3.63, 3.8) is 0 Å². The molecule has 0 aliphatic carbocycles. The lowest BCUT2D eigenvalue weighted by molar-refractivity contribution is 0.592. The van der Waals surface area contributed by atoms with Gasteiger partial charge in [0.2, 0.25) is 10.0 Å². The van der Waals surface area contributed by atoms with E-state index < -0.39 is 10.0 Å². The molecular formula is C9H17NO2S. The van der Waals surface area contributed by atoms with Gasteiger partial charge in [0.05, 0.1) is 6.26 Å². The van der Waals surface area contributed by atoms with E-state index in [9.17, 15) is 8.42 Å². The minimum atomic E-state index is -3.06. The molecule has 0 fully saturated rings. The summed E-state index contributed by atoms with van der Waals surface area (Å²) in [6.07, 6.45) is 7.86. The Balaban J connectivity index is 3.90. The summed E-state index contributed by atoms with van der Waals surface area (Å²) in [4.78, 5) is 0. The van der Waals surface area contributed by atoms with Gasteiger partial charge in [0, 0.05) is 6.54 Å². The number of hydrogen-bond acceptors (Lipinski definition) is 2. The number of allylic oxidation sites excluding steroid dienone is 3. The summed E-state index contributed by atoms with van der Waals surface area (Å²) >= 11 is 0. The molecule has 3 nitrogen and oxygen atoms in total. The summed E-state index contributed by atoms with van der Waals surface area (Å²) in [6.45, 7) is 4.38. The van der Waals surface area contributed by atoms with E-state index in [1.807, 2.05) is 19.1 Å². The van der Waals surface area contributed by atoms with Crippen LogP contribution in [0.25, 0.3) is 0 Å². The van der Waals surface area contributed by atoms with E-state index in [-0.39, 0.29) is 0 Å². The summed E-state index contributed by atoms with van der Waals surface area (Å²) in [6, 6.07) is 0. The Kier molecular flexibility index (Phi) is 5.66. The third-order valence-corrected chi connectivity index (χ3v) is 2.27. The summed E-state index contributed by atoms with van der Waals surface area (Å²) in [7, 11) is -3.06. The third kappa shape index (κ3) is 7.74. The van der Waals surface area contributed by atoms with Crippen molar-refractivity contribution < 1.29 is 8.42 Å². The van der Waals surface area contributed by atoms with E-state index in [2.05, 4.69) is 11.6 Å². The average Bonchev–Trinajstić information content (AvgIpc) is 2.03. The minimum absolute atomic E-state index is 0.357. The van der Waals surface area contributed by atoms with Crippen molar-refractivity contribution in [3.8, 4) is 0 Å². The summed E-state index contributed by atoms with van der Waals surface area (Å²) in [5, 5.41) is 0. The molecule has 1 N–H and O–H groups in total. The lowest BCUT2D eigenvalue weighted by atomic mass is 10.2. The van der Waals surface area contributed by atoms with Crippen LogP contribution in [0.4, 0.5) is 0 Å². The maximum Gasteiger partial charge on any atom is 0.208 e. The van der Waals surface area contributed by atoms with Crippen LogP contribution in [0.2, 0.25) is 0 Å². The van der Waals surface area contributed by atoms with Crippen molar-refractivity contribution in [1.29, 1.82) is 0 Å². The molecule has 0 bridgehead atoms. The van der Waals surface area contributed by atoms with Gasteiger partial charge in [-0.1, -0.05) is 30.7 Å².